The van der Waals surface area contributed by atoms with Crippen LogP contribution in [-0.2, 0) is 5.41 Å². The monoisotopic (exact) mass is 275 g/mol. The van der Waals surface area contributed by atoms with Crippen molar-refractivity contribution in [3.63, 3.8) is 0 Å². The SMILES string of the molecule is C=C(Br)CSc1nc(C(C)(C)C)n[nH]1. The fourth-order valence-electron chi connectivity index (χ4n) is 0.794. The van der Waals surface area contributed by atoms with Crippen LogP contribution >= 0.6 is 27.7 Å². The fraction of sp³-hybridized carbons (Fsp3) is 0.556. The van der Waals surface area contributed by atoms with Crippen LogP contribution in [-0.4, -0.2) is 20.9 Å². The van der Waals surface area contributed by atoms with Crippen molar-refractivity contribution in [2.45, 2.75) is 31.3 Å². The fourth-order valence-corrected chi connectivity index (χ4v) is 1.69. The first-order chi connectivity index (χ1) is 6.39. The van der Waals surface area contributed by atoms with E-state index in [9.17, 15) is 0 Å². The van der Waals surface area contributed by atoms with E-state index in [1.54, 1.807) is 11.8 Å². The molecule has 1 heterocycles. The summed E-state index contributed by atoms with van der Waals surface area (Å²) in [6, 6.07) is 0. The molecule has 0 aliphatic carbocycles. The van der Waals surface area contributed by atoms with E-state index in [-0.39, 0.29) is 5.41 Å². The summed E-state index contributed by atoms with van der Waals surface area (Å²) in [5.41, 5.74) is 0.000715. The number of rotatable bonds is 3. The van der Waals surface area contributed by atoms with Crippen molar-refractivity contribution in [1.82, 2.24) is 15.2 Å². The molecule has 0 spiro atoms. The van der Waals surface area contributed by atoms with Gasteiger partial charge in [-0.1, -0.05) is 55.0 Å². The van der Waals surface area contributed by atoms with E-state index in [4.69, 9.17) is 0 Å². The van der Waals surface area contributed by atoms with Crippen LogP contribution in [0, 0.1) is 0 Å². The molecule has 3 nitrogen and oxygen atoms in total. The van der Waals surface area contributed by atoms with Gasteiger partial charge in [-0.05, 0) is 4.48 Å². The van der Waals surface area contributed by atoms with Crippen LogP contribution < -0.4 is 0 Å². The van der Waals surface area contributed by atoms with Gasteiger partial charge < -0.3 is 0 Å². The Labute approximate surface area is 96.9 Å². The Balaban J connectivity index is 2.64. The Morgan fingerprint density at radius 1 is 1.57 bits per heavy atom. The first-order valence-corrected chi connectivity index (χ1v) is 6.06. The van der Waals surface area contributed by atoms with Crippen LogP contribution in [0.25, 0.3) is 0 Å². The molecule has 0 saturated carbocycles. The van der Waals surface area contributed by atoms with Gasteiger partial charge in [-0.2, -0.15) is 5.10 Å². The summed E-state index contributed by atoms with van der Waals surface area (Å²) in [5, 5.41) is 7.91. The van der Waals surface area contributed by atoms with Crippen LogP contribution in [0.1, 0.15) is 26.6 Å². The molecular formula is C9H14BrN3S. The highest BCUT2D eigenvalue weighted by Crippen LogP contribution is 2.22. The van der Waals surface area contributed by atoms with E-state index in [0.717, 1.165) is 21.2 Å². The van der Waals surface area contributed by atoms with Gasteiger partial charge in [-0.3, -0.25) is 5.10 Å². The first kappa shape index (κ1) is 11.8. The number of nitrogens with zero attached hydrogens (tertiary/aromatic N) is 2. The second-order valence-electron chi connectivity index (χ2n) is 4.02. The summed E-state index contributed by atoms with van der Waals surface area (Å²) < 4.78 is 0.955. The molecule has 0 atom stereocenters. The van der Waals surface area contributed by atoms with Gasteiger partial charge in [0.25, 0.3) is 0 Å². The molecule has 0 aliphatic heterocycles. The first-order valence-electron chi connectivity index (χ1n) is 4.28. The summed E-state index contributed by atoms with van der Waals surface area (Å²) in [5.74, 6) is 1.65. The number of aromatic nitrogens is 3. The molecule has 0 aliphatic rings. The van der Waals surface area contributed by atoms with Crippen LogP contribution in [0.4, 0.5) is 0 Å². The Bertz CT molecular complexity index is 327. The maximum Gasteiger partial charge on any atom is 0.184 e. The third-order valence-corrected chi connectivity index (χ3v) is 3.10. The maximum atomic E-state index is 4.39. The molecule has 0 aromatic carbocycles. The second kappa shape index (κ2) is 4.49. The lowest BCUT2D eigenvalue weighted by Crippen LogP contribution is -2.13. The van der Waals surface area contributed by atoms with E-state index in [1.807, 2.05) is 0 Å². The molecule has 0 radical (unpaired) electrons. The van der Waals surface area contributed by atoms with E-state index in [0.29, 0.717) is 0 Å². The summed E-state index contributed by atoms with van der Waals surface area (Å²) in [6.07, 6.45) is 0. The zero-order valence-electron chi connectivity index (χ0n) is 8.59. The number of thioether (sulfide) groups is 1. The summed E-state index contributed by atoms with van der Waals surface area (Å²) in [4.78, 5) is 4.39. The summed E-state index contributed by atoms with van der Waals surface area (Å²) in [7, 11) is 0. The topological polar surface area (TPSA) is 41.6 Å². The Hall–Kier alpha value is -0.290. The van der Waals surface area contributed by atoms with Gasteiger partial charge >= 0.3 is 0 Å². The Morgan fingerprint density at radius 3 is 2.64 bits per heavy atom. The minimum atomic E-state index is 0.000715. The summed E-state index contributed by atoms with van der Waals surface area (Å²) >= 11 is 4.89. The molecule has 1 rings (SSSR count). The highest BCUT2D eigenvalue weighted by Gasteiger charge is 2.19. The van der Waals surface area contributed by atoms with Crippen LogP contribution in [0.3, 0.4) is 0 Å². The van der Waals surface area contributed by atoms with Crippen molar-refractivity contribution >= 4 is 27.7 Å². The number of H-pyrrole nitrogens is 1. The van der Waals surface area contributed by atoms with Crippen LogP contribution in [0.15, 0.2) is 16.2 Å². The van der Waals surface area contributed by atoms with Crippen molar-refractivity contribution in [2.24, 2.45) is 0 Å². The number of aromatic amines is 1. The zero-order valence-corrected chi connectivity index (χ0v) is 11.0. The van der Waals surface area contributed by atoms with E-state index < -0.39 is 0 Å². The molecule has 0 saturated heterocycles. The number of nitrogens with one attached hydrogen (secondary N) is 1. The molecule has 0 unspecified atom stereocenters. The van der Waals surface area contributed by atoms with Gasteiger partial charge in [0, 0.05) is 11.2 Å². The molecular weight excluding hydrogens is 262 g/mol. The predicted octanol–water partition coefficient (Wildman–Crippen LogP) is 3.10. The minimum Gasteiger partial charge on any atom is -0.254 e. The Kier molecular flexibility index (Phi) is 3.78. The van der Waals surface area contributed by atoms with Crippen molar-refractivity contribution in [1.29, 1.82) is 0 Å². The number of hydrogen-bond acceptors (Lipinski definition) is 3. The van der Waals surface area contributed by atoms with Gasteiger partial charge in [0.2, 0.25) is 0 Å². The van der Waals surface area contributed by atoms with Crippen molar-refractivity contribution < 1.29 is 0 Å². The lowest BCUT2D eigenvalue weighted by Gasteiger charge is -2.11. The molecule has 5 heteroatoms. The number of halogens is 1. The van der Waals surface area contributed by atoms with E-state index in [1.165, 1.54) is 0 Å². The third kappa shape index (κ3) is 3.46. The molecule has 0 amide bonds. The highest BCUT2D eigenvalue weighted by atomic mass is 79.9. The van der Waals surface area contributed by atoms with Gasteiger partial charge in [0.15, 0.2) is 11.0 Å². The van der Waals surface area contributed by atoms with E-state index >= 15 is 0 Å². The lowest BCUT2D eigenvalue weighted by molar-refractivity contribution is 0.547. The molecule has 1 aromatic rings. The summed E-state index contributed by atoms with van der Waals surface area (Å²) in [6.45, 7) is 10.0. The van der Waals surface area contributed by atoms with Crippen molar-refractivity contribution in [3.8, 4) is 0 Å². The van der Waals surface area contributed by atoms with Gasteiger partial charge in [-0.25, -0.2) is 4.98 Å². The molecule has 0 bridgehead atoms. The second-order valence-corrected chi connectivity index (χ2v) is 6.11. The molecule has 0 fully saturated rings. The predicted molar refractivity (Wildman–Crippen MR) is 63.9 cm³/mol. The zero-order chi connectivity index (χ0) is 10.8. The average molecular weight is 276 g/mol. The van der Waals surface area contributed by atoms with Gasteiger partial charge in [-0.15, -0.1) is 0 Å². The normalized spacial score (nSPS) is 11.7. The largest absolute Gasteiger partial charge is 0.254 e. The Morgan fingerprint density at radius 2 is 2.21 bits per heavy atom. The average Bonchev–Trinajstić information content (AvgIpc) is 2.47. The minimum absolute atomic E-state index is 0.000715. The van der Waals surface area contributed by atoms with Crippen LogP contribution in [0.5, 0.6) is 0 Å². The molecule has 78 valence electrons. The molecule has 1 aromatic heterocycles. The maximum absolute atomic E-state index is 4.39. The van der Waals surface area contributed by atoms with Crippen molar-refractivity contribution in [3.05, 3.63) is 16.9 Å². The molecule has 14 heavy (non-hydrogen) atoms. The highest BCUT2D eigenvalue weighted by molar-refractivity contribution is 9.11. The quantitative estimate of drug-likeness (QED) is 0.862. The van der Waals surface area contributed by atoms with Crippen molar-refractivity contribution in [2.75, 3.05) is 5.75 Å². The van der Waals surface area contributed by atoms with Crippen LogP contribution in [0.2, 0.25) is 0 Å². The smallest absolute Gasteiger partial charge is 0.184 e. The standard InChI is InChI=1S/C9H14BrN3S/c1-6(10)5-14-8-11-7(12-13-8)9(2,3)4/h1,5H2,2-4H3,(H,11,12,13). The molecule has 1 N–H and O–H groups in total. The number of hydrogen-bond donors (Lipinski definition) is 1. The van der Waals surface area contributed by atoms with Gasteiger partial charge in [0.1, 0.15) is 0 Å². The van der Waals surface area contributed by atoms with E-state index in [2.05, 4.69) is 58.5 Å². The third-order valence-electron chi connectivity index (χ3n) is 1.50. The lowest BCUT2D eigenvalue weighted by atomic mass is 9.96. The van der Waals surface area contributed by atoms with Gasteiger partial charge in [0.05, 0.1) is 0 Å².